The Morgan fingerprint density at radius 1 is 1.13 bits per heavy atom. The van der Waals surface area contributed by atoms with Gasteiger partial charge in [0, 0.05) is 5.56 Å². The normalized spacial score (nSPS) is 10.1. The monoisotopic (exact) mass is 304 g/mol. The van der Waals surface area contributed by atoms with Crippen LogP contribution in [0.4, 0.5) is 0 Å². The number of esters is 1. The molecule has 0 aliphatic carbocycles. The summed E-state index contributed by atoms with van der Waals surface area (Å²) in [6.45, 7) is 1.65. The molecule has 1 aromatic heterocycles. The van der Waals surface area contributed by atoms with Crippen LogP contribution < -0.4 is 4.74 Å². The number of nitriles is 1. The average Bonchev–Trinajstić information content (AvgIpc) is 2.98. The second-order valence-electron chi connectivity index (χ2n) is 4.83. The van der Waals surface area contributed by atoms with Crippen molar-refractivity contribution in [1.82, 2.24) is 5.16 Å². The van der Waals surface area contributed by atoms with Crippen molar-refractivity contribution >= 4 is 5.97 Å². The molecule has 3 rings (SSSR count). The number of aromatic nitrogens is 1. The zero-order chi connectivity index (χ0) is 16.2. The zero-order valence-electron chi connectivity index (χ0n) is 12.3. The Labute approximate surface area is 132 Å². The number of para-hydroxylation sites is 1. The summed E-state index contributed by atoms with van der Waals surface area (Å²) in [5.74, 6) is -0.0341. The van der Waals surface area contributed by atoms with Crippen LogP contribution in [-0.4, -0.2) is 11.1 Å². The quantitative estimate of drug-likeness (QED) is 0.544. The lowest BCUT2D eigenvalue weighted by Crippen LogP contribution is -2.11. The van der Waals surface area contributed by atoms with E-state index in [1.54, 1.807) is 31.2 Å². The summed E-state index contributed by atoms with van der Waals surface area (Å²) in [6, 6.07) is 17.8. The number of carbonyl (C=O) groups is 1. The summed E-state index contributed by atoms with van der Waals surface area (Å²) < 4.78 is 10.5. The third-order valence-electron chi connectivity index (χ3n) is 3.32. The maximum absolute atomic E-state index is 12.5. The molecule has 0 aliphatic rings. The minimum atomic E-state index is -0.606. The van der Waals surface area contributed by atoms with Gasteiger partial charge < -0.3 is 9.26 Å². The minimum Gasteiger partial charge on any atom is -0.421 e. The maximum atomic E-state index is 12.5. The number of benzene rings is 2. The smallest absolute Gasteiger partial charge is 0.349 e. The van der Waals surface area contributed by atoms with Gasteiger partial charge in [-0.25, -0.2) is 4.79 Å². The first-order chi connectivity index (χ1) is 11.2. The Bertz CT molecular complexity index is 892. The van der Waals surface area contributed by atoms with Crippen molar-refractivity contribution in [3.05, 3.63) is 71.5 Å². The van der Waals surface area contributed by atoms with Gasteiger partial charge in [0.25, 0.3) is 0 Å². The standard InChI is InChI=1S/C18H12N2O3/c1-12-16(17(20-23-12)13-7-3-2-4-8-13)18(21)22-15-10-6-5-9-14(15)11-19/h2-10H,1H3. The van der Waals surface area contributed by atoms with Gasteiger partial charge in [0.2, 0.25) is 0 Å². The number of hydrogen-bond donors (Lipinski definition) is 0. The summed E-state index contributed by atoms with van der Waals surface area (Å²) in [6.07, 6.45) is 0. The molecule has 0 saturated heterocycles. The van der Waals surface area contributed by atoms with Gasteiger partial charge in [0.15, 0.2) is 0 Å². The van der Waals surface area contributed by atoms with Crippen LogP contribution in [0.3, 0.4) is 0 Å². The van der Waals surface area contributed by atoms with E-state index in [1.807, 2.05) is 36.4 Å². The van der Waals surface area contributed by atoms with E-state index in [0.29, 0.717) is 11.5 Å². The molecule has 112 valence electrons. The number of hydrogen-bond acceptors (Lipinski definition) is 5. The Balaban J connectivity index is 1.98. The van der Waals surface area contributed by atoms with E-state index in [0.717, 1.165) is 5.56 Å². The summed E-state index contributed by atoms with van der Waals surface area (Å²) in [4.78, 5) is 12.5. The fourth-order valence-corrected chi connectivity index (χ4v) is 2.20. The number of carbonyl (C=O) groups excluding carboxylic acids is 1. The van der Waals surface area contributed by atoms with Crippen LogP contribution in [-0.2, 0) is 0 Å². The third kappa shape index (κ3) is 2.83. The summed E-state index contributed by atoms with van der Waals surface area (Å²) in [7, 11) is 0. The van der Waals surface area contributed by atoms with Crippen molar-refractivity contribution in [1.29, 1.82) is 5.26 Å². The highest BCUT2D eigenvalue weighted by Gasteiger charge is 2.24. The van der Waals surface area contributed by atoms with E-state index in [-0.39, 0.29) is 16.9 Å². The molecule has 0 saturated carbocycles. The van der Waals surface area contributed by atoms with Crippen molar-refractivity contribution < 1.29 is 14.1 Å². The van der Waals surface area contributed by atoms with Gasteiger partial charge in [-0.3, -0.25) is 0 Å². The van der Waals surface area contributed by atoms with Crippen LogP contribution in [0.25, 0.3) is 11.3 Å². The second-order valence-corrected chi connectivity index (χ2v) is 4.83. The van der Waals surface area contributed by atoms with Crippen molar-refractivity contribution in [3.63, 3.8) is 0 Å². The fraction of sp³-hybridized carbons (Fsp3) is 0.0556. The number of ether oxygens (including phenoxy) is 1. The topological polar surface area (TPSA) is 76.1 Å². The summed E-state index contributed by atoms with van der Waals surface area (Å²) in [5.41, 5.74) is 1.72. The zero-order valence-corrected chi connectivity index (χ0v) is 12.3. The lowest BCUT2D eigenvalue weighted by Gasteiger charge is -2.06. The Hall–Kier alpha value is -3.39. The molecule has 3 aromatic rings. The third-order valence-corrected chi connectivity index (χ3v) is 3.32. The van der Waals surface area contributed by atoms with Crippen molar-refractivity contribution in [2.24, 2.45) is 0 Å². The SMILES string of the molecule is Cc1onc(-c2ccccc2)c1C(=O)Oc1ccccc1C#N. The van der Waals surface area contributed by atoms with E-state index < -0.39 is 5.97 Å². The molecule has 0 amide bonds. The molecular weight excluding hydrogens is 292 g/mol. The molecule has 0 fully saturated rings. The number of nitrogens with zero attached hydrogens (tertiary/aromatic N) is 2. The van der Waals surface area contributed by atoms with Gasteiger partial charge in [0.1, 0.15) is 28.8 Å². The molecule has 23 heavy (non-hydrogen) atoms. The lowest BCUT2D eigenvalue weighted by atomic mass is 10.1. The highest BCUT2D eigenvalue weighted by atomic mass is 16.5. The van der Waals surface area contributed by atoms with Crippen molar-refractivity contribution in [2.45, 2.75) is 6.92 Å². The van der Waals surface area contributed by atoms with Gasteiger partial charge in [-0.15, -0.1) is 0 Å². The predicted octanol–water partition coefficient (Wildman–Crippen LogP) is 3.74. The first-order valence-electron chi connectivity index (χ1n) is 6.93. The van der Waals surface area contributed by atoms with E-state index in [4.69, 9.17) is 14.5 Å². The average molecular weight is 304 g/mol. The molecule has 0 bridgehead atoms. The van der Waals surface area contributed by atoms with Crippen LogP contribution in [0.5, 0.6) is 5.75 Å². The predicted molar refractivity (Wildman–Crippen MR) is 82.8 cm³/mol. The molecule has 0 atom stereocenters. The van der Waals surface area contributed by atoms with Crippen molar-refractivity contribution in [3.8, 4) is 23.1 Å². The van der Waals surface area contributed by atoms with Crippen molar-refractivity contribution in [2.75, 3.05) is 0 Å². The molecule has 2 aromatic carbocycles. The lowest BCUT2D eigenvalue weighted by molar-refractivity contribution is 0.0733. The Morgan fingerprint density at radius 3 is 2.57 bits per heavy atom. The Morgan fingerprint density at radius 2 is 1.83 bits per heavy atom. The van der Waals surface area contributed by atoms with E-state index in [9.17, 15) is 4.79 Å². The molecule has 1 heterocycles. The molecular formula is C18H12N2O3. The number of rotatable bonds is 3. The van der Waals surface area contributed by atoms with Gasteiger partial charge in [0.05, 0.1) is 5.56 Å². The molecule has 0 aliphatic heterocycles. The second kappa shape index (κ2) is 6.16. The van der Waals surface area contributed by atoms with Crippen LogP contribution in [0, 0.1) is 18.3 Å². The van der Waals surface area contributed by atoms with Gasteiger partial charge in [-0.05, 0) is 19.1 Å². The fourth-order valence-electron chi connectivity index (χ4n) is 2.20. The maximum Gasteiger partial charge on any atom is 0.349 e. The van der Waals surface area contributed by atoms with Crippen LogP contribution >= 0.6 is 0 Å². The summed E-state index contributed by atoms with van der Waals surface area (Å²) in [5, 5.41) is 13.0. The molecule has 0 N–H and O–H groups in total. The largest absolute Gasteiger partial charge is 0.421 e. The molecule has 0 unspecified atom stereocenters. The van der Waals surface area contributed by atoms with Gasteiger partial charge in [-0.2, -0.15) is 5.26 Å². The molecule has 0 spiro atoms. The van der Waals surface area contributed by atoms with Crippen LogP contribution in [0.15, 0.2) is 59.1 Å². The van der Waals surface area contributed by atoms with E-state index in [1.165, 1.54) is 0 Å². The highest BCUT2D eigenvalue weighted by Crippen LogP contribution is 2.27. The van der Waals surface area contributed by atoms with E-state index >= 15 is 0 Å². The molecule has 0 radical (unpaired) electrons. The van der Waals surface area contributed by atoms with Crippen LogP contribution in [0.2, 0.25) is 0 Å². The summed E-state index contributed by atoms with van der Waals surface area (Å²) >= 11 is 0. The highest BCUT2D eigenvalue weighted by molar-refractivity contribution is 5.98. The Kier molecular flexibility index (Phi) is 3.89. The van der Waals surface area contributed by atoms with Gasteiger partial charge in [-0.1, -0.05) is 47.6 Å². The molecule has 5 nitrogen and oxygen atoms in total. The van der Waals surface area contributed by atoms with Crippen LogP contribution in [0.1, 0.15) is 21.7 Å². The van der Waals surface area contributed by atoms with E-state index in [2.05, 4.69) is 5.16 Å². The number of aryl methyl sites for hydroxylation is 1. The molecule has 5 heteroatoms. The first-order valence-corrected chi connectivity index (χ1v) is 6.93. The first kappa shape index (κ1) is 14.5. The van der Waals surface area contributed by atoms with Gasteiger partial charge >= 0.3 is 5.97 Å². The minimum absolute atomic E-state index is 0.208.